The Hall–Kier alpha value is -1.68. The van der Waals surface area contributed by atoms with Crippen LogP contribution in [-0.2, 0) is 19.4 Å². The van der Waals surface area contributed by atoms with E-state index in [1.165, 1.54) is 0 Å². The van der Waals surface area contributed by atoms with Crippen molar-refractivity contribution in [2.45, 2.75) is 52.2 Å². The Morgan fingerprint density at radius 2 is 1.90 bits per heavy atom. The quantitative estimate of drug-likeness (QED) is 0.852. The smallest absolute Gasteiger partial charge is 0.138 e. The predicted molar refractivity (Wildman–Crippen MR) is 84.0 cm³/mol. The summed E-state index contributed by atoms with van der Waals surface area (Å²) in [5.74, 6) is 1.37. The Morgan fingerprint density at radius 1 is 1.19 bits per heavy atom. The van der Waals surface area contributed by atoms with Gasteiger partial charge in [0.2, 0.25) is 0 Å². The maximum Gasteiger partial charge on any atom is 0.138 e. The average molecular weight is 287 g/mol. The van der Waals surface area contributed by atoms with Crippen LogP contribution in [0.2, 0.25) is 0 Å². The maximum atomic E-state index is 10.9. The number of hydrogen-bond acceptors (Lipinski definition) is 3. The minimum atomic E-state index is -0.775. The lowest BCUT2D eigenvalue weighted by Gasteiger charge is -2.27. The first-order chi connectivity index (χ1) is 10.0. The number of aromatic nitrogens is 3. The maximum absolute atomic E-state index is 10.9. The first-order valence-electron chi connectivity index (χ1n) is 7.65. The van der Waals surface area contributed by atoms with Gasteiger partial charge in [-0.3, -0.25) is 0 Å². The van der Waals surface area contributed by atoms with Crippen LogP contribution in [0.25, 0.3) is 0 Å². The standard InChI is InChI=1S/C17H25N3O/c1-4-17(21,10-15-8-6-5-7-9-15)11-16-18-13-19-20(16)12-14(2)3/h5-9,13-14,21H,4,10-12H2,1-3H3. The summed E-state index contributed by atoms with van der Waals surface area (Å²) >= 11 is 0. The molecule has 0 bridgehead atoms. The first-order valence-corrected chi connectivity index (χ1v) is 7.65. The van der Waals surface area contributed by atoms with Crippen LogP contribution in [0.3, 0.4) is 0 Å². The van der Waals surface area contributed by atoms with Gasteiger partial charge in [-0.25, -0.2) is 9.67 Å². The lowest BCUT2D eigenvalue weighted by Crippen LogP contribution is -2.35. The van der Waals surface area contributed by atoms with Crippen molar-refractivity contribution in [1.29, 1.82) is 0 Å². The molecule has 0 amide bonds. The molecule has 1 N–H and O–H groups in total. The normalized spacial score (nSPS) is 14.3. The Kier molecular flexibility index (Phi) is 5.12. The molecule has 21 heavy (non-hydrogen) atoms. The van der Waals surface area contributed by atoms with Crippen molar-refractivity contribution >= 4 is 0 Å². The van der Waals surface area contributed by atoms with Gasteiger partial charge in [-0.15, -0.1) is 0 Å². The second-order valence-corrected chi connectivity index (χ2v) is 6.17. The van der Waals surface area contributed by atoms with Crippen molar-refractivity contribution < 1.29 is 5.11 Å². The third kappa shape index (κ3) is 4.39. The Labute approximate surface area is 126 Å². The van der Waals surface area contributed by atoms with Gasteiger partial charge >= 0.3 is 0 Å². The summed E-state index contributed by atoms with van der Waals surface area (Å²) in [7, 11) is 0. The molecule has 1 atom stereocenters. The van der Waals surface area contributed by atoms with E-state index in [0.29, 0.717) is 25.2 Å². The minimum Gasteiger partial charge on any atom is -0.389 e. The molecule has 0 aliphatic carbocycles. The van der Waals surface area contributed by atoms with Crippen LogP contribution >= 0.6 is 0 Å². The van der Waals surface area contributed by atoms with Crippen LogP contribution < -0.4 is 0 Å². The molecular formula is C17H25N3O. The second kappa shape index (κ2) is 6.85. The van der Waals surface area contributed by atoms with Crippen molar-refractivity contribution in [3.05, 3.63) is 48.0 Å². The molecule has 2 rings (SSSR count). The van der Waals surface area contributed by atoms with E-state index in [-0.39, 0.29) is 0 Å². The number of rotatable bonds is 7. The van der Waals surface area contributed by atoms with Gasteiger partial charge in [-0.1, -0.05) is 51.1 Å². The van der Waals surface area contributed by atoms with E-state index in [1.807, 2.05) is 29.8 Å². The number of aliphatic hydroxyl groups is 1. The fourth-order valence-corrected chi connectivity index (χ4v) is 2.51. The van der Waals surface area contributed by atoms with Crippen molar-refractivity contribution in [2.24, 2.45) is 5.92 Å². The van der Waals surface area contributed by atoms with Crippen LogP contribution in [0.1, 0.15) is 38.6 Å². The van der Waals surface area contributed by atoms with Gasteiger partial charge < -0.3 is 5.11 Å². The number of nitrogens with zero attached hydrogens (tertiary/aromatic N) is 3. The highest BCUT2D eigenvalue weighted by Crippen LogP contribution is 2.22. The fourth-order valence-electron chi connectivity index (χ4n) is 2.51. The van der Waals surface area contributed by atoms with Gasteiger partial charge in [0.05, 0.1) is 5.60 Å². The molecule has 0 aliphatic rings. The van der Waals surface area contributed by atoms with E-state index in [9.17, 15) is 5.11 Å². The summed E-state index contributed by atoms with van der Waals surface area (Å²) in [5, 5.41) is 15.2. The Balaban J connectivity index is 2.13. The van der Waals surface area contributed by atoms with E-state index in [2.05, 4.69) is 36.1 Å². The monoisotopic (exact) mass is 287 g/mol. The fraction of sp³-hybridized carbons (Fsp3) is 0.529. The molecule has 0 aliphatic heterocycles. The van der Waals surface area contributed by atoms with Gasteiger partial charge in [-0.05, 0) is 17.9 Å². The van der Waals surface area contributed by atoms with Gasteiger partial charge in [-0.2, -0.15) is 5.10 Å². The lowest BCUT2D eigenvalue weighted by molar-refractivity contribution is 0.0336. The van der Waals surface area contributed by atoms with Crippen LogP contribution in [0.15, 0.2) is 36.7 Å². The van der Waals surface area contributed by atoms with E-state index < -0.39 is 5.60 Å². The highest BCUT2D eigenvalue weighted by atomic mass is 16.3. The molecule has 1 heterocycles. The topological polar surface area (TPSA) is 50.9 Å². The van der Waals surface area contributed by atoms with Crippen molar-refractivity contribution in [1.82, 2.24) is 14.8 Å². The molecule has 1 unspecified atom stereocenters. The van der Waals surface area contributed by atoms with Crippen molar-refractivity contribution in [2.75, 3.05) is 0 Å². The van der Waals surface area contributed by atoms with Gasteiger partial charge in [0, 0.05) is 19.4 Å². The van der Waals surface area contributed by atoms with E-state index in [4.69, 9.17) is 0 Å². The SMILES string of the molecule is CCC(O)(Cc1ccccc1)Cc1ncnn1CC(C)C. The third-order valence-corrected chi connectivity index (χ3v) is 3.76. The molecule has 0 saturated carbocycles. The van der Waals surface area contributed by atoms with E-state index in [1.54, 1.807) is 6.33 Å². The second-order valence-electron chi connectivity index (χ2n) is 6.17. The summed E-state index contributed by atoms with van der Waals surface area (Å²) in [5.41, 5.74) is 0.375. The molecular weight excluding hydrogens is 262 g/mol. The average Bonchev–Trinajstić information content (AvgIpc) is 2.86. The first kappa shape index (κ1) is 15.7. The van der Waals surface area contributed by atoms with Gasteiger partial charge in [0.1, 0.15) is 12.2 Å². The summed E-state index contributed by atoms with van der Waals surface area (Å²) in [4.78, 5) is 4.34. The molecule has 0 fully saturated rings. The predicted octanol–water partition coefficient (Wildman–Crippen LogP) is 2.86. The van der Waals surface area contributed by atoms with E-state index >= 15 is 0 Å². The molecule has 114 valence electrons. The molecule has 0 radical (unpaired) electrons. The molecule has 1 aromatic carbocycles. The minimum absolute atomic E-state index is 0.509. The summed E-state index contributed by atoms with van der Waals surface area (Å²) < 4.78 is 1.91. The third-order valence-electron chi connectivity index (χ3n) is 3.76. The van der Waals surface area contributed by atoms with Gasteiger partial charge in [0.25, 0.3) is 0 Å². The summed E-state index contributed by atoms with van der Waals surface area (Å²) in [6, 6.07) is 10.1. The van der Waals surface area contributed by atoms with Gasteiger partial charge in [0.15, 0.2) is 0 Å². The molecule has 4 nitrogen and oxygen atoms in total. The van der Waals surface area contributed by atoms with Crippen LogP contribution in [0, 0.1) is 5.92 Å². The molecule has 1 aromatic heterocycles. The summed E-state index contributed by atoms with van der Waals surface area (Å²) in [6.45, 7) is 7.16. The Morgan fingerprint density at radius 3 is 2.52 bits per heavy atom. The van der Waals surface area contributed by atoms with Crippen LogP contribution in [0.5, 0.6) is 0 Å². The van der Waals surface area contributed by atoms with E-state index in [0.717, 1.165) is 17.9 Å². The Bertz CT molecular complexity index is 550. The zero-order valence-electron chi connectivity index (χ0n) is 13.2. The zero-order valence-corrected chi connectivity index (χ0v) is 13.2. The molecule has 0 spiro atoms. The summed E-state index contributed by atoms with van der Waals surface area (Å²) in [6.07, 6.45) is 3.44. The van der Waals surface area contributed by atoms with Crippen LogP contribution in [0.4, 0.5) is 0 Å². The molecule has 0 saturated heterocycles. The number of hydrogen-bond donors (Lipinski definition) is 1. The highest BCUT2D eigenvalue weighted by molar-refractivity contribution is 5.17. The molecule has 4 heteroatoms. The van der Waals surface area contributed by atoms with Crippen LogP contribution in [-0.4, -0.2) is 25.5 Å². The number of benzene rings is 1. The molecule has 2 aromatic rings. The van der Waals surface area contributed by atoms with Crippen molar-refractivity contribution in [3.63, 3.8) is 0 Å². The highest BCUT2D eigenvalue weighted by Gasteiger charge is 2.28. The van der Waals surface area contributed by atoms with Crippen molar-refractivity contribution in [3.8, 4) is 0 Å². The zero-order chi connectivity index (χ0) is 15.3. The lowest BCUT2D eigenvalue weighted by atomic mass is 9.88. The largest absolute Gasteiger partial charge is 0.389 e.